The zero-order valence-corrected chi connectivity index (χ0v) is 20.5. The van der Waals surface area contributed by atoms with Gasteiger partial charge in [0.2, 0.25) is 0 Å². The summed E-state index contributed by atoms with van der Waals surface area (Å²) in [6, 6.07) is 7.10. The summed E-state index contributed by atoms with van der Waals surface area (Å²) in [7, 11) is 1.50. The van der Waals surface area contributed by atoms with Crippen LogP contribution in [0.3, 0.4) is 0 Å². The maximum Gasteiger partial charge on any atom is 0.311 e. The van der Waals surface area contributed by atoms with E-state index >= 15 is 0 Å². The fourth-order valence-electron chi connectivity index (χ4n) is 3.46. The van der Waals surface area contributed by atoms with Gasteiger partial charge in [0, 0.05) is 29.7 Å². The molecule has 0 fully saturated rings. The normalized spacial score (nSPS) is 10.8. The van der Waals surface area contributed by atoms with Crippen LogP contribution < -0.4 is 18.9 Å². The van der Waals surface area contributed by atoms with Gasteiger partial charge < -0.3 is 18.9 Å². The molecule has 0 aliphatic heterocycles. The van der Waals surface area contributed by atoms with Crippen molar-refractivity contribution in [3.05, 3.63) is 24.3 Å². The van der Waals surface area contributed by atoms with Crippen molar-refractivity contribution in [3.63, 3.8) is 0 Å². The molecule has 182 valence electrons. The lowest BCUT2D eigenvalue weighted by atomic mass is 10.1. The summed E-state index contributed by atoms with van der Waals surface area (Å²) in [5.74, 6) is 1.12. The largest absolute Gasteiger partial charge is 0.494 e. The van der Waals surface area contributed by atoms with Crippen molar-refractivity contribution in [2.24, 2.45) is 0 Å². The summed E-state index contributed by atoms with van der Waals surface area (Å²) in [5, 5.41) is 1.28. The van der Waals surface area contributed by atoms with Crippen LogP contribution in [0.15, 0.2) is 24.3 Å². The van der Waals surface area contributed by atoms with Gasteiger partial charge in [-0.2, -0.15) is 0 Å². The lowest BCUT2D eigenvalue weighted by molar-refractivity contribution is -0.135. The average Bonchev–Trinajstić information content (AvgIpc) is 2.81. The van der Waals surface area contributed by atoms with Crippen LogP contribution in [-0.2, 0) is 9.59 Å². The second-order valence-corrected chi connectivity index (χ2v) is 8.18. The van der Waals surface area contributed by atoms with Crippen LogP contribution in [0, 0.1) is 0 Å². The summed E-state index contributed by atoms with van der Waals surface area (Å²) in [6.07, 6.45) is 8.22. The monoisotopic (exact) mass is 458 g/mol. The highest BCUT2D eigenvalue weighted by Gasteiger charge is 2.20. The van der Waals surface area contributed by atoms with Gasteiger partial charge in [0.1, 0.15) is 11.5 Å². The van der Waals surface area contributed by atoms with Crippen molar-refractivity contribution in [1.82, 2.24) is 0 Å². The van der Waals surface area contributed by atoms with E-state index in [1.807, 2.05) is 18.2 Å². The van der Waals surface area contributed by atoms with Crippen molar-refractivity contribution in [2.45, 2.75) is 85.0 Å². The highest BCUT2D eigenvalue weighted by atomic mass is 16.6. The average molecular weight is 459 g/mol. The van der Waals surface area contributed by atoms with Gasteiger partial charge in [-0.3, -0.25) is 9.59 Å². The van der Waals surface area contributed by atoms with Gasteiger partial charge in [-0.05, 0) is 37.5 Å². The molecule has 6 heteroatoms. The Morgan fingerprint density at radius 1 is 0.727 bits per heavy atom. The predicted molar refractivity (Wildman–Crippen MR) is 130 cm³/mol. The highest BCUT2D eigenvalue weighted by molar-refractivity contribution is 5.99. The summed E-state index contributed by atoms with van der Waals surface area (Å²) < 4.78 is 22.8. The predicted octanol–water partition coefficient (Wildman–Crippen LogP) is 7.00. The molecule has 0 heterocycles. The molecule has 0 aromatic heterocycles. The molecular weight excluding hydrogens is 420 g/mol. The number of benzene rings is 2. The molecule has 2 aromatic carbocycles. The van der Waals surface area contributed by atoms with Crippen molar-refractivity contribution in [2.75, 3.05) is 13.7 Å². The summed E-state index contributed by atoms with van der Waals surface area (Å²) >= 11 is 0. The first-order valence-electron chi connectivity index (χ1n) is 12.2. The Labute approximate surface area is 197 Å². The fraction of sp³-hybridized carbons (Fsp3) is 0.556. The Morgan fingerprint density at radius 2 is 1.36 bits per heavy atom. The van der Waals surface area contributed by atoms with E-state index in [1.165, 1.54) is 7.11 Å². The first-order chi connectivity index (χ1) is 16.0. The molecule has 0 aliphatic rings. The van der Waals surface area contributed by atoms with Crippen LogP contribution in [0.25, 0.3) is 10.8 Å². The van der Waals surface area contributed by atoms with Gasteiger partial charge in [0.15, 0.2) is 11.5 Å². The molecule has 0 saturated heterocycles. The molecule has 2 rings (SSSR count). The van der Waals surface area contributed by atoms with E-state index < -0.39 is 0 Å². The second-order valence-electron chi connectivity index (χ2n) is 8.18. The fourth-order valence-corrected chi connectivity index (χ4v) is 3.46. The number of methoxy groups -OCH3 is 1. The molecule has 0 N–H and O–H groups in total. The topological polar surface area (TPSA) is 71.1 Å². The third-order valence-electron chi connectivity index (χ3n) is 5.38. The Kier molecular flexibility index (Phi) is 11.6. The van der Waals surface area contributed by atoms with Crippen molar-refractivity contribution in [1.29, 1.82) is 0 Å². The molecule has 0 spiro atoms. The molecule has 6 nitrogen and oxygen atoms in total. The van der Waals surface area contributed by atoms with E-state index in [9.17, 15) is 9.59 Å². The maximum atomic E-state index is 12.5. The molecule has 0 saturated carbocycles. The van der Waals surface area contributed by atoms with Gasteiger partial charge >= 0.3 is 11.9 Å². The molecule has 0 aliphatic carbocycles. The third-order valence-corrected chi connectivity index (χ3v) is 5.38. The number of carbonyl (C=O) groups is 2. The summed E-state index contributed by atoms with van der Waals surface area (Å²) in [6.45, 7) is 6.88. The molecule has 0 radical (unpaired) electrons. The quantitative estimate of drug-likeness (QED) is 0.163. The maximum absolute atomic E-state index is 12.5. The summed E-state index contributed by atoms with van der Waals surface area (Å²) in [5.41, 5.74) is 0. The minimum Gasteiger partial charge on any atom is -0.494 e. The molecule has 0 bridgehead atoms. The van der Waals surface area contributed by atoms with Gasteiger partial charge in [-0.15, -0.1) is 0 Å². The number of rotatable bonds is 15. The number of carbonyl (C=O) groups excluding carboxylic acids is 2. The molecule has 2 aromatic rings. The van der Waals surface area contributed by atoms with Crippen molar-refractivity contribution < 1.29 is 28.5 Å². The van der Waals surface area contributed by atoms with Gasteiger partial charge in [-0.1, -0.05) is 52.9 Å². The third kappa shape index (κ3) is 8.26. The standard InChI is InChI=1S/C27H38O6/c1-5-8-11-13-25(28)32-23-19-24(30-4)27(33-26(29)14-12-9-6-2)21-16-15-20(18-22(21)23)31-17-10-7-3/h15-16,18-19H,5-14,17H2,1-4H3. The van der Waals surface area contributed by atoms with Gasteiger partial charge in [0.05, 0.1) is 13.7 Å². The van der Waals surface area contributed by atoms with Crippen LogP contribution in [0.4, 0.5) is 0 Å². The van der Waals surface area contributed by atoms with E-state index in [2.05, 4.69) is 20.8 Å². The van der Waals surface area contributed by atoms with Crippen LogP contribution in [0.2, 0.25) is 0 Å². The van der Waals surface area contributed by atoms with Gasteiger partial charge in [0.25, 0.3) is 0 Å². The van der Waals surface area contributed by atoms with E-state index in [0.717, 1.165) is 51.4 Å². The van der Waals surface area contributed by atoms with Crippen LogP contribution in [-0.4, -0.2) is 25.7 Å². The molecule has 0 unspecified atom stereocenters. The highest BCUT2D eigenvalue weighted by Crippen LogP contribution is 2.43. The first kappa shape index (κ1) is 26.5. The van der Waals surface area contributed by atoms with E-state index in [1.54, 1.807) is 6.07 Å². The van der Waals surface area contributed by atoms with E-state index in [-0.39, 0.29) is 11.9 Å². The Morgan fingerprint density at radius 3 is 1.97 bits per heavy atom. The second kappa shape index (κ2) is 14.4. The number of fused-ring (bicyclic) bond motifs is 1. The SMILES string of the molecule is CCCCCC(=O)Oc1cc(OC)c(OC(=O)CCCCC)c2ccc(OCCCC)cc12. The molecule has 33 heavy (non-hydrogen) atoms. The Hall–Kier alpha value is -2.76. The Bertz CT molecular complexity index is 905. The minimum atomic E-state index is -0.310. The van der Waals surface area contributed by atoms with Crippen LogP contribution >= 0.6 is 0 Å². The molecular formula is C27H38O6. The minimum absolute atomic E-state index is 0.298. The van der Waals surface area contributed by atoms with Gasteiger partial charge in [-0.25, -0.2) is 0 Å². The molecule has 0 atom stereocenters. The summed E-state index contributed by atoms with van der Waals surface area (Å²) in [4.78, 5) is 24.9. The number of hydrogen-bond donors (Lipinski definition) is 0. The zero-order valence-electron chi connectivity index (χ0n) is 20.5. The smallest absolute Gasteiger partial charge is 0.311 e. The van der Waals surface area contributed by atoms with Crippen molar-refractivity contribution in [3.8, 4) is 23.0 Å². The number of unbranched alkanes of at least 4 members (excludes halogenated alkanes) is 5. The molecule has 0 amide bonds. The van der Waals surface area contributed by atoms with E-state index in [4.69, 9.17) is 18.9 Å². The first-order valence-corrected chi connectivity index (χ1v) is 12.2. The lowest BCUT2D eigenvalue weighted by Crippen LogP contribution is -2.11. The number of ether oxygens (including phenoxy) is 4. The van der Waals surface area contributed by atoms with E-state index in [0.29, 0.717) is 53.2 Å². The van der Waals surface area contributed by atoms with Crippen LogP contribution in [0.1, 0.15) is 85.0 Å². The number of esters is 2. The Balaban J connectivity index is 2.41. The number of hydrogen-bond acceptors (Lipinski definition) is 6. The van der Waals surface area contributed by atoms with Crippen LogP contribution in [0.5, 0.6) is 23.0 Å². The zero-order chi connectivity index (χ0) is 24.1. The lowest BCUT2D eigenvalue weighted by Gasteiger charge is -2.17. The van der Waals surface area contributed by atoms with Crippen molar-refractivity contribution >= 4 is 22.7 Å².